The Bertz CT molecular complexity index is 537. The number of nitrogens with zero attached hydrogens (tertiary/aromatic N) is 2. The summed E-state index contributed by atoms with van der Waals surface area (Å²) in [7, 11) is -3.15. The average Bonchev–Trinajstić information content (AvgIpc) is 3.28. The molecule has 1 amide bonds. The predicted molar refractivity (Wildman–Crippen MR) is 81.2 cm³/mol. The Balaban J connectivity index is 1.85. The van der Waals surface area contributed by atoms with Gasteiger partial charge in [0.1, 0.15) is 0 Å². The molecule has 1 aliphatic carbocycles. The SMILES string of the molecule is C=CCN1C(=O)CCC[C@]12CCCN(S(=O)(=O)C1CC1)C2. The van der Waals surface area contributed by atoms with Gasteiger partial charge in [0.25, 0.3) is 0 Å². The molecule has 0 bridgehead atoms. The van der Waals surface area contributed by atoms with E-state index >= 15 is 0 Å². The maximum atomic E-state index is 12.5. The molecule has 0 unspecified atom stereocenters. The number of amides is 1. The topological polar surface area (TPSA) is 57.7 Å². The van der Waals surface area contributed by atoms with E-state index < -0.39 is 10.0 Å². The normalized spacial score (nSPS) is 31.6. The number of sulfonamides is 1. The number of rotatable bonds is 4. The first kappa shape index (κ1) is 15.0. The molecule has 3 fully saturated rings. The molecule has 3 aliphatic rings. The van der Waals surface area contributed by atoms with Crippen molar-refractivity contribution in [3.8, 4) is 0 Å². The van der Waals surface area contributed by atoms with E-state index in [0.717, 1.165) is 38.5 Å². The highest BCUT2D eigenvalue weighted by molar-refractivity contribution is 7.90. The first-order valence-electron chi connectivity index (χ1n) is 7.90. The smallest absolute Gasteiger partial charge is 0.223 e. The van der Waals surface area contributed by atoms with Crippen molar-refractivity contribution in [1.82, 2.24) is 9.21 Å². The number of likely N-dealkylation sites (tertiary alicyclic amines) is 1. The lowest BCUT2D eigenvalue weighted by Crippen LogP contribution is -2.63. The zero-order valence-electron chi connectivity index (χ0n) is 12.5. The molecule has 5 nitrogen and oxygen atoms in total. The largest absolute Gasteiger partial charge is 0.332 e. The molecule has 1 spiro atoms. The van der Waals surface area contributed by atoms with E-state index in [1.54, 1.807) is 10.4 Å². The molecule has 1 atom stereocenters. The summed E-state index contributed by atoms with van der Waals surface area (Å²) >= 11 is 0. The minimum absolute atomic E-state index is 0.145. The second kappa shape index (κ2) is 5.39. The first-order valence-corrected chi connectivity index (χ1v) is 9.40. The first-order chi connectivity index (χ1) is 9.99. The third-order valence-electron chi connectivity index (χ3n) is 5.04. The van der Waals surface area contributed by atoms with Crippen molar-refractivity contribution in [3.63, 3.8) is 0 Å². The van der Waals surface area contributed by atoms with Gasteiger partial charge in [-0.25, -0.2) is 8.42 Å². The summed E-state index contributed by atoms with van der Waals surface area (Å²) in [5.74, 6) is 0.145. The molecule has 2 aliphatic heterocycles. The fourth-order valence-electron chi connectivity index (χ4n) is 3.82. The number of hydrogen-bond donors (Lipinski definition) is 0. The van der Waals surface area contributed by atoms with Crippen molar-refractivity contribution < 1.29 is 13.2 Å². The van der Waals surface area contributed by atoms with Crippen LogP contribution in [0.1, 0.15) is 44.9 Å². The van der Waals surface area contributed by atoms with E-state index in [-0.39, 0.29) is 16.7 Å². The van der Waals surface area contributed by atoms with Gasteiger partial charge < -0.3 is 4.90 Å². The minimum Gasteiger partial charge on any atom is -0.332 e. The zero-order chi connectivity index (χ0) is 15.1. The Kier molecular flexibility index (Phi) is 3.86. The van der Waals surface area contributed by atoms with Gasteiger partial charge in [-0.3, -0.25) is 4.79 Å². The molecule has 1 saturated carbocycles. The highest BCUT2D eigenvalue weighted by atomic mass is 32.2. The number of carbonyl (C=O) groups excluding carboxylic acids is 1. The fraction of sp³-hybridized carbons (Fsp3) is 0.800. The molecule has 6 heteroatoms. The Morgan fingerprint density at radius 1 is 1.29 bits per heavy atom. The van der Waals surface area contributed by atoms with Gasteiger partial charge in [-0.1, -0.05) is 6.08 Å². The van der Waals surface area contributed by atoms with Crippen molar-refractivity contribution >= 4 is 15.9 Å². The third kappa shape index (κ3) is 2.63. The maximum Gasteiger partial charge on any atom is 0.223 e. The summed E-state index contributed by atoms with van der Waals surface area (Å²) in [5.41, 5.74) is -0.302. The van der Waals surface area contributed by atoms with Crippen molar-refractivity contribution in [2.75, 3.05) is 19.6 Å². The van der Waals surface area contributed by atoms with Crippen LogP contribution in [0, 0.1) is 0 Å². The highest BCUT2D eigenvalue weighted by Gasteiger charge is 2.49. The van der Waals surface area contributed by atoms with Crippen LogP contribution in [0.25, 0.3) is 0 Å². The molecule has 2 saturated heterocycles. The number of hydrogen-bond acceptors (Lipinski definition) is 3. The van der Waals surface area contributed by atoms with Crippen molar-refractivity contribution in [2.45, 2.75) is 55.7 Å². The Morgan fingerprint density at radius 2 is 2.00 bits per heavy atom. The van der Waals surface area contributed by atoms with Crippen LogP contribution in [0.5, 0.6) is 0 Å². The van der Waals surface area contributed by atoms with Crippen LogP contribution in [-0.2, 0) is 14.8 Å². The molecule has 118 valence electrons. The quantitative estimate of drug-likeness (QED) is 0.739. The van der Waals surface area contributed by atoms with E-state index in [4.69, 9.17) is 0 Å². The lowest BCUT2D eigenvalue weighted by molar-refractivity contribution is -0.143. The van der Waals surface area contributed by atoms with Gasteiger partial charge in [-0.15, -0.1) is 6.58 Å². The van der Waals surface area contributed by atoms with E-state index in [1.165, 1.54) is 0 Å². The second-order valence-electron chi connectivity index (χ2n) is 6.55. The summed E-state index contributed by atoms with van der Waals surface area (Å²) in [4.78, 5) is 14.2. The Morgan fingerprint density at radius 3 is 2.67 bits per heavy atom. The van der Waals surface area contributed by atoms with E-state index in [2.05, 4.69) is 6.58 Å². The predicted octanol–water partition coefficient (Wildman–Crippen LogP) is 1.51. The molecule has 0 aromatic rings. The van der Waals surface area contributed by atoms with Gasteiger partial charge >= 0.3 is 0 Å². The van der Waals surface area contributed by atoms with Crippen LogP contribution in [0.15, 0.2) is 12.7 Å². The van der Waals surface area contributed by atoms with Gasteiger partial charge in [-0.05, 0) is 38.5 Å². The molecule has 0 aromatic carbocycles. The Labute approximate surface area is 127 Å². The zero-order valence-corrected chi connectivity index (χ0v) is 13.3. The average molecular weight is 312 g/mol. The van der Waals surface area contributed by atoms with Crippen LogP contribution in [0.4, 0.5) is 0 Å². The maximum absolute atomic E-state index is 12.5. The molecule has 0 radical (unpaired) electrons. The third-order valence-corrected chi connectivity index (χ3v) is 7.39. The van der Waals surface area contributed by atoms with E-state index in [0.29, 0.717) is 26.1 Å². The van der Waals surface area contributed by atoms with Crippen molar-refractivity contribution in [2.24, 2.45) is 0 Å². The van der Waals surface area contributed by atoms with Gasteiger partial charge in [0, 0.05) is 26.1 Å². The summed E-state index contributed by atoms with van der Waals surface area (Å²) in [6.07, 6.45) is 7.43. The molecular formula is C15H24N2O3S. The van der Waals surface area contributed by atoms with E-state index in [9.17, 15) is 13.2 Å². The lowest BCUT2D eigenvalue weighted by atomic mass is 9.80. The van der Waals surface area contributed by atoms with Crippen LogP contribution < -0.4 is 0 Å². The fourth-order valence-corrected chi connectivity index (χ4v) is 5.77. The molecule has 0 aromatic heterocycles. The highest BCUT2D eigenvalue weighted by Crippen LogP contribution is 2.40. The van der Waals surface area contributed by atoms with Crippen LogP contribution in [-0.4, -0.2) is 54.0 Å². The van der Waals surface area contributed by atoms with Gasteiger partial charge in [0.05, 0.1) is 10.8 Å². The van der Waals surface area contributed by atoms with Crippen LogP contribution >= 0.6 is 0 Å². The van der Waals surface area contributed by atoms with Crippen molar-refractivity contribution in [1.29, 1.82) is 0 Å². The summed E-state index contributed by atoms with van der Waals surface area (Å²) in [6.45, 7) is 5.36. The van der Waals surface area contributed by atoms with Gasteiger partial charge in [0.2, 0.25) is 15.9 Å². The van der Waals surface area contributed by atoms with Gasteiger partial charge in [-0.2, -0.15) is 4.31 Å². The summed E-state index contributed by atoms with van der Waals surface area (Å²) in [6, 6.07) is 0. The van der Waals surface area contributed by atoms with Crippen LogP contribution in [0.3, 0.4) is 0 Å². The standard InChI is InChI=1S/C15H24N2O3S/c1-2-10-17-14(18)5-3-8-15(17)9-4-11-16(12-15)21(19,20)13-6-7-13/h2,13H,1,3-12H2/t15-/m1/s1. The lowest BCUT2D eigenvalue weighted by Gasteiger charge is -2.51. The molecule has 3 rings (SSSR count). The van der Waals surface area contributed by atoms with Crippen LogP contribution in [0.2, 0.25) is 0 Å². The van der Waals surface area contributed by atoms with Gasteiger partial charge in [0.15, 0.2) is 0 Å². The molecular weight excluding hydrogens is 288 g/mol. The molecule has 21 heavy (non-hydrogen) atoms. The van der Waals surface area contributed by atoms with Crippen molar-refractivity contribution in [3.05, 3.63) is 12.7 Å². The summed E-state index contributed by atoms with van der Waals surface area (Å²) < 4.78 is 26.7. The Hall–Kier alpha value is -0.880. The van der Waals surface area contributed by atoms with E-state index in [1.807, 2.05) is 4.90 Å². The minimum atomic E-state index is -3.15. The molecule has 0 N–H and O–H groups in total. The summed E-state index contributed by atoms with van der Waals surface area (Å²) in [5, 5.41) is -0.167. The second-order valence-corrected chi connectivity index (χ2v) is 8.77. The monoisotopic (exact) mass is 312 g/mol. The number of carbonyl (C=O) groups is 1. The molecule has 2 heterocycles. The number of piperidine rings is 2.